The van der Waals surface area contributed by atoms with Crippen LogP contribution in [0.15, 0.2) is 58.8 Å². The van der Waals surface area contributed by atoms with Gasteiger partial charge in [-0.25, -0.2) is 0 Å². The van der Waals surface area contributed by atoms with Crippen LogP contribution in [0.5, 0.6) is 0 Å². The first kappa shape index (κ1) is 15.1. The van der Waals surface area contributed by atoms with E-state index >= 15 is 0 Å². The van der Waals surface area contributed by atoms with Crippen molar-refractivity contribution >= 4 is 39.1 Å². The Morgan fingerprint density at radius 1 is 1.14 bits per heavy atom. The van der Waals surface area contributed by atoms with Crippen LogP contribution < -0.4 is 0 Å². The molecule has 0 aliphatic heterocycles. The molecule has 0 N–H and O–H groups in total. The van der Waals surface area contributed by atoms with E-state index in [-0.39, 0.29) is 5.91 Å². The molecule has 0 bridgehead atoms. The maximum atomic E-state index is 12.5. The van der Waals surface area contributed by atoms with Crippen LogP contribution in [0.25, 0.3) is 10.1 Å². The molecule has 4 heteroatoms. The fourth-order valence-electron chi connectivity index (χ4n) is 2.44. The number of benzene rings is 2. The van der Waals surface area contributed by atoms with Crippen molar-refractivity contribution in [3.8, 4) is 0 Å². The van der Waals surface area contributed by atoms with Crippen molar-refractivity contribution in [3.05, 3.63) is 65.0 Å². The van der Waals surface area contributed by atoms with Crippen molar-refractivity contribution in [1.82, 2.24) is 4.90 Å². The summed E-state index contributed by atoms with van der Waals surface area (Å²) in [6.45, 7) is 0.632. The summed E-state index contributed by atoms with van der Waals surface area (Å²) < 4.78 is 1.27. The third-order valence-corrected chi connectivity index (χ3v) is 5.41. The van der Waals surface area contributed by atoms with Gasteiger partial charge in [-0.15, -0.1) is 23.1 Å². The Bertz CT molecular complexity index is 792. The molecule has 3 rings (SSSR count). The number of rotatable bonds is 4. The summed E-state index contributed by atoms with van der Waals surface area (Å²) in [5.74, 6) is 0.0583. The highest BCUT2D eigenvalue weighted by Crippen LogP contribution is 2.26. The first-order valence-corrected chi connectivity index (χ1v) is 9.14. The van der Waals surface area contributed by atoms with E-state index in [1.54, 1.807) is 28.0 Å². The summed E-state index contributed by atoms with van der Waals surface area (Å²) in [5, 5.41) is 3.38. The zero-order valence-corrected chi connectivity index (χ0v) is 14.2. The fourth-order valence-corrected chi connectivity index (χ4v) is 3.80. The van der Waals surface area contributed by atoms with Gasteiger partial charge in [0.1, 0.15) is 0 Å². The second kappa shape index (κ2) is 6.55. The van der Waals surface area contributed by atoms with Gasteiger partial charge in [-0.05, 0) is 52.9 Å². The van der Waals surface area contributed by atoms with E-state index in [4.69, 9.17) is 0 Å². The minimum atomic E-state index is 0.0583. The second-order valence-electron chi connectivity index (χ2n) is 5.15. The second-order valence-corrected chi connectivity index (χ2v) is 6.94. The monoisotopic (exact) mass is 327 g/mol. The molecule has 0 aliphatic rings. The van der Waals surface area contributed by atoms with Crippen LogP contribution in [0.3, 0.4) is 0 Å². The van der Waals surface area contributed by atoms with Gasteiger partial charge >= 0.3 is 0 Å². The number of carbonyl (C=O) groups excluding carboxylic acids is 1. The molecule has 1 aromatic heterocycles. The zero-order chi connectivity index (χ0) is 15.5. The van der Waals surface area contributed by atoms with E-state index in [2.05, 4.69) is 17.5 Å². The number of thiophene rings is 1. The minimum Gasteiger partial charge on any atom is -0.337 e. The quantitative estimate of drug-likeness (QED) is 0.636. The Morgan fingerprint density at radius 2 is 1.86 bits per heavy atom. The lowest BCUT2D eigenvalue weighted by molar-refractivity contribution is 0.0785. The summed E-state index contributed by atoms with van der Waals surface area (Å²) in [5.41, 5.74) is 1.94. The van der Waals surface area contributed by atoms with E-state index in [1.165, 1.54) is 20.5 Å². The smallest absolute Gasteiger partial charge is 0.253 e. The van der Waals surface area contributed by atoms with E-state index in [0.29, 0.717) is 6.54 Å². The lowest BCUT2D eigenvalue weighted by Gasteiger charge is -2.17. The third kappa shape index (κ3) is 3.03. The highest BCUT2D eigenvalue weighted by molar-refractivity contribution is 7.98. The zero-order valence-electron chi connectivity index (χ0n) is 12.6. The van der Waals surface area contributed by atoms with Gasteiger partial charge in [0.15, 0.2) is 0 Å². The predicted molar refractivity (Wildman–Crippen MR) is 95.8 cm³/mol. The molecule has 22 heavy (non-hydrogen) atoms. The lowest BCUT2D eigenvalue weighted by Crippen LogP contribution is -2.26. The Kier molecular flexibility index (Phi) is 4.50. The van der Waals surface area contributed by atoms with Crippen molar-refractivity contribution in [3.63, 3.8) is 0 Å². The molecule has 3 aromatic rings. The molecule has 112 valence electrons. The highest BCUT2D eigenvalue weighted by Gasteiger charge is 2.14. The molecule has 0 saturated heterocycles. The third-order valence-electron chi connectivity index (χ3n) is 3.65. The molecule has 0 radical (unpaired) electrons. The number of thioether (sulfide) groups is 1. The summed E-state index contributed by atoms with van der Waals surface area (Å²) in [6.07, 6.45) is 2.03. The number of hydrogen-bond acceptors (Lipinski definition) is 3. The van der Waals surface area contributed by atoms with Crippen LogP contribution in [0.2, 0.25) is 0 Å². The van der Waals surface area contributed by atoms with Gasteiger partial charge in [-0.1, -0.05) is 18.2 Å². The van der Waals surface area contributed by atoms with Crippen LogP contribution in [-0.4, -0.2) is 24.1 Å². The van der Waals surface area contributed by atoms with Crippen molar-refractivity contribution < 1.29 is 4.79 Å². The van der Waals surface area contributed by atoms with E-state index < -0.39 is 0 Å². The largest absolute Gasteiger partial charge is 0.337 e. The van der Waals surface area contributed by atoms with Gasteiger partial charge in [-0.3, -0.25) is 4.79 Å². The topological polar surface area (TPSA) is 20.3 Å². The number of fused-ring (bicyclic) bond motifs is 1. The highest BCUT2D eigenvalue weighted by atomic mass is 32.2. The van der Waals surface area contributed by atoms with Crippen LogP contribution in [0, 0.1) is 0 Å². The Morgan fingerprint density at radius 3 is 2.59 bits per heavy atom. The minimum absolute atomic E-state index is 0.0583. The summed E-state index contributed by atoms with van der Waals surface area (Å²) in [4.78, 5) is 15.5. The summed E-state index contributed by atoms with van der Waals surface area (Å²) in [7, 11) is 1.86. The molecule has 0 aliphatic carbocycles. The standard InChI is InChI=1S/C18H17NOS2/c1-19(18(20)13-7-9-15(21-2)10-8-13)11-14-12-22-17-6-4-3-5-16(14)17/h3-10,12H,11H2,1-2H3. The van der Waals surface area contributed by atoms with Gasteiger partial charge in [0.05, 0.1) is 0 Å². The summed E-state index contributed by atoms with van der Waals surface area (Å²) >= 11 is 3.41. The van der Waals surface area contributed by atoms with Gasteiger partial charge in [-0.2, -0.15) is 0 Å². The van der Waals surface area contributed by atoms with Gasteiger partial charge < -0.3 is 4.90 Å². The molecule has 1 amide bonds. The van der Waals surface area contributed by atoms with Crippen LogP contribution in [-0.2, 0) is 6.54 Å². The summed E-state index contributed by atoms with van der Waals surface area (Å²) in [6, 6.07) is 16.1. The molecular weight excluding hydrogens is 310 g/mol. The van der Waals surface area contributed by atoms with Crippen LogP contribution >= 0.6 is 23.1 Å². The Hall–Kier alpha value is -1.78. The SMILES string of the molecule is CSc1ccc(C(=O)N(C)Cc2csc3ccccc23)cc1. The van der Waals surface area contributed by atoms with Crippen LogP contribution in [0.1, 0.15) is 15.9 Å². The van der Waals surface area contributed by atoms with Gasteiger partial charge in [0.25, 0.3) is 5.91 Å². The average molecular weight is 327 g/mol. The molecule has 2 aromatic carbocycles. The number of hydrogen-bond donors (Lipinski definition) is 0. The number of amides is 1. The van der Waals surface area contributed by atoms with Crippen LogP contribution in [0.4, 0.5) is 0 Å². The van der Waals surface area contributed by atoms with E-state index in [9.17, 15) is 4.79 Å². The van der Waals surface area contributed by atoms with Crippen molar-refractivity contribution in [2.75, 3.05) is 13.3 Å². The average Bonchev–Trinajstić information content (AvgIpc) is 2.97. The van der Waals surface area contributed by atoms with Gasteiger partial charge in [0.2, 0.25) is 0 Å². The fraction of sp³-hybridized carbons (Fsp3) is 0.167. The molecule has 0 atom stereocenters. The maximum Gasteiger partial charge on any atom is 0.253 e. The molecule has 2 nitrogen and oxygen atoms in total. The number of carbonyl (C=O) groups is 1. The molecular formula is C18H17NOS2. The Labute approximate surface area is 138 Å². The first-order valence-electron chi connectivity index (χ1n) is 7.03. The van der Waals surface area contributed by atoms with Gasteiger partial charge in [0, 0.05) is 28.8 Å². The number of nitrogens with zero attached hydrogens (tertiary/aromatic N) is 1. The predicted octanol–water partition coefficient (Wildman–Crippen LogP) is 4.90. The molecule has 1 heterocycles. The maximum absolute atomic E-state index is 12.5. The Balaban J connectivity index is 1.78. The normalized spacial score (nSPS) is 10.8. The van der Waals surface area contributed by atoms with Crippen molar-refractivity contribution in [2.24, 2.45) is 0 Å². The lowest BCUT2D eigenvalue weighted by atomic mass is 10.1. The first-order chi connectivity index (χ1) is 10.7. The molecule has 0 unspecified atom stereocenters. The van der Waals surface area contributed by atoms with Crippen molar-refractivity contribution in [2.45, 2.75) is 11.4 Å². The molecule has 0 fully saturated rings. The van der Waals surface area contributed by atoms with E-state index in [0.717, 1.165) is 5.56 Å². The van der Waals surface area contributed by atoms with E-state index in [1.807, 2.05) is 49.7 Å². The van der Waals surface area contributed by atoms with Crippen molar-refractivity contribution in [1.29, 1.82) is 0 Å². The molecule has 0 spiro atoms. The molecule has 0 saturated carbocycles.